The number of carbonyl (C=O) groups excluding carboxylic acids is 1. The molecule has 2 rings (SSSR count). The maximum absolute atomic E-state index is 13.4. The smallest absolute Gasteiger partial charge is 0.222 e. The number of rotatable bonds is 6. The molecule has 0 atom stereocenters. The van der Waals surface area contributed by atoms with Crippen LogP contribution in [0.2, 0.25) is 0 Å². The third-order valence-corrected chi connectivity index (χ3v) is 3.14. The minimum Gasteiger partial charge on any atom is -0.482 e. The first-order valence-corrected chi connectivity index (χ1v) is 6.89. The summed E-state index contributed by atoms with van der Waals surface area (Å²) in [5.41, 5.74) is 4.57. The molecule has 1 heterocycles. The van der Waals surface area contributed by atoms with E-state index in [4.69, 9.17) is 13.9 Å². The van der Waals surface area contributed by atoms with Gasteiger partial charge < -0.3 is 14.5 Å². The zero-order valence-electron chi connectivity index (χ0n) is 11.7. The Kier molecular flexibility index (Phi) is 7.97. The number of amides is 1. The summed E-state index contributed by atoms with van der Waals surface area (Å²) in [6.07, 6.45) is 2.01. The molecule has 1 amide bonds. The van der Waals surface area contributed by atoms with E-state index in [1.807, 2.05) is 11.0 Å². The average molecular weight is 375 g/mol. The lowest BCUT2D eigenvalue weighted by molar-refractivity contribution is -0.110. The van der Waals surface area contributed by atoms with Crippen molar-refractivity contribution in [1.82, 2.24) is 11.0 Å². The highest BCUT2D eigenvalue weighted by Gasteiger charge is 2.12. The zero-order valence-corrected chi connectivity index (χ0v) is 13.3. The maximum Gasteiger partial charge on any atom is 0.222 e. The van der Waals surface area contributed by atoms with Crippen molar-refractivity contribution in [1.29, 1.82) is 0 Å². The topological polar surface area (TPSA) is 102 Å². The molecule has 0 fully saturated rings. The number of nitrogens with one attached hydrogen (secondary N) is 3. The van der Waals surface area contributed by atoms with E-state index in [-0.39, 0.29) is 12.4 Å². The average Bonchev–Trinajstić information content (AvgIpc) is 3.03. The Morgan fingerprint density at radius 2 is 2.23 bits per heavy atom. The molecule has 0 saturated heterocycles. The van der Waals surface area contributed by atoms with Gasteiger partial charge in [0.05, 0.1) is 16.4 Å². The number of hydrogen-bond acceptors (Lipinski definition) is 6. The Hall–Kier alpha value is -2.10. The van der Waals surface area contributed by atoms with E-state index < -0.39 is 0 Å². The predicted octanol–water partition coefficient (Wildman–Crippen LogP) is 1.91. The Labute approximate surface area is 135 Å². The number of carbonyl (C=O) groups is 1. The van der Waals surface area contributed by atoms with Gasteiger partial charge in [-0.3, -0.25) is 16.1 Å². The van der Waals surface area contributed by atoms with E-state index in [1.165, 1.54) is 6.07 Å². The molecular weight excluding hydrogens is 359 g/mol. The van der Waals surface area contributed by atoms with E-state index in [1.54, 1.807) is 31.5 Å². The molecule has 1 aromatic carbocycles. The van der Waals surface area contributed by atoms with Crippen molar-refractivity contribution >= 4 is 28.0 Å². The molecule has 9 heteroatoms. The van der Waals surface area contributed by atoms with Crippen molar-refractivity contribution in [3.8, 4) is 5.75 Å². The van der Waals surface area contributed by atoms with Crippen LogP contribution in [0.5, 0.6) is 5.75 Å². The van der Waals surface area contributed by atoms with Crippen LogP contribution in [-0.2, 0) is 11.4 Å². The number of halogens is 2. The largest absolute Gasteiger partial charge is 0.482 e. The van der Waals surface area contributed by atoms with E-state index in [0.29, 0.717) is 28.1 Å². The van der Waals surface area contributed by atoms with Crippen molar-refractivity contribution in [2.24, 2.45) is 5.84 Å². The molecule has 1 aromatic heterocycles. The zero-order chi connectivity index (χ0) is 16.4. The lowest BCUT2D eigenvalue weighted by Crippen LogP contribution is -2.36. The molecule has 0 bridgehead atoms. The standard InChI is InChI=1S/C12H11BrFNO2.CH5N3O/c1-15-10-5-4-9(14)11(13)12(10)17-7-8-3-2-6-16-8;2-4-3-1-5/h2-6,15H,7H2,1H3;1,4H,2H2,(H,3,5). The number of nitrogens with two attached hydrogens (primary N) is 1. The summed E-state index contributed by atoms with van der Waals surface area (Å²) >= 11 is 3.17. The van der Waals surface area contributed by atoms with Crippen molar-refractivity contribution in [3.05, 3.63) is 46.6 Å². The molecule has 2 aromatic rings. The molecule has 0 radical (unpaired) electrons. The van der Waals surface area contributed by atoms with Crippen LogP contribution in [0.25, 0.3) is 0 Å². The van der Waals surface area contributed by atoms with E-state index in [9.17, 15) is 4.39 Å². The van der Waals surface area contributed by atoms with Crippen LogP contribution in [0.15, 0.2) is 39.4 Å². The Morgan fingerprint density at radius 1 is 1.45 bits per heavy atom. The summed E-state index contributed by atoms with van der Waals surface area (Å²) in [6.45, 7) is 0.254. The number of hydrogen-bond donors (Lipinski definition) is 4. The van der Waals surface area contributed by atoms with Gasteiger partial charge in [-0.15, -0.1) is 0 Å². The summed E-state index contributed by atoms with van der Waals surface area (Å²) in [4.78, 5) is 9.15. The van der Waals surface area contributed by atoms with Gasteiger partial charge in [-0.25, -0.2) is 4.39 Å². The van der Waals surface area contributed by atoms with Gasteiger partial charge in [0.15, 0.2) is 5.75 Å². The molecule has 0 aliphatic heterocycles. The highest BCUT2D eigenvalue weighted by Crippen LogP contribution is 2.35. The maximum atomic E-state index is 13.4. The second kappa shape index (κ2) is 9.77. The van der Waals surface area contributed by atoms with Crippen LogP contribution in [0.3, 0.4) is 0 Å². The summed E-state index contributed by atoms with van der Waals surface area (Å²) in [5, 5.41) is 2.94. The highest BCUT2D eigenvalue weighted by molar-refractivity contribution is 9.10. The first kappa shape index (κ1) is 18.0. The van der Waals surface area contributed by atoms with Crippen LogP contribution in [-0.4, -0.2) is 13.5 Å². The molecule has 0 unspecified atom stereocenters. The molecule has 0 aliphatic carbocycles. The quantitative estimate of drug-likeness (QED) is 0.350. The molecule has 120 valence electrons. The van der Waals surface area contributed by atoms with Crippen LogP contribution >= 0.6 is 15.9 Å². The van der Waals surface area contributed by atoms with Crippen LogP contribution in [0.4, 0.5) is 10.1 Å². The van der Waals surface area contributed by atoms with Gasteiger partial charge in [0.1, 0.15) is 18.2 Å². The second-order valence-electron chi connectivity index (χ2n) is 3.76. The molecule has 0 saturated carbocycles. The summed E-state index contributed by atoms with van der Waals surface area (Å²) in [7, 11) is 1.75. The van der Waals surface area contributed by atoms with Gasteiger partial charge in [0.25, 0.3) is 0 Å². The van der Waals surface area contributed by atoms with Gasteiger partial charge in [0, 0.05) is 7.05 Å². The molecule has 5 N–H and O–H groups in total. The van der Waals surface area contributed by atoms with Crippen LogP contribution < -0.4 is 26.9 Å². The lowest BCUT2D eigenvalue weighted by atomic mass is 10.3. The summed E-state index contributed by atoms with van der Waals surface area (Å²) in [6, 6.07) is 6.57. The van der Waals surface area contributed by atoms with Crippen LogP contribution in [0, 0.1) is 5.82 Å². The van der Waals surface area contributed by atoms with E-state index in [0.717, 1.165) is 0 Å². The highest BCUT2D eigenvalue weighted by atomic mass is 79.9. The fourth-order valence-corrected chi connectivity index (χ4v) is 1.90. The van der Waals surface area contributed by atoms with Gasteiger partial charge in [-0.1, -0.05) is 0 Å². The van der Waals surface area contributed by atoms with Gasteiger partial charge in [0.2, 0.25) is 6.41 Å². The Bertz CT molecular complexity index is 581. The molecule has 0 aliphatic rings. The van der Waals surface area contributed by atoms with Gasteiger partial charge in [-0.2, -0.15) is 5.53 Å². The van der Waals surface area contributed by atoms with Gasteiger partial charge >= 0.3 is 0 Å². The minimum atomic E-state index is -0.363. The van der Waals surface area contributed by atoms with E-state index in [2.05, 4.69) is 27.1 Å². The number of benzene rings is 1. The number of furan rings is 1. The fraction of sp³-hybridized carbons (Fsp3) is 0.154. The first-order valence-electron chi connectivity index (χ1n) is 6.09. The Morgan fingerprint density at radius 3 is 2.73 bits per heavy atom. The fourth-order valence-electron chi connectivity index (χ4n) is 1.44. The monoisotopic (exact) mass is 374 g/mol. The number of ether oxygens (including phenoxy) is 1. The molecule has 0 spiro atoms. The lowest BCUT2D eigenvalue weighted by Gasteiger charge is -2.12. The van der Waals surface area contributed by atoms with Crippen molar-refractivity contribution in [3.63, 3.8) is 0 Å². The van der Waals surface area contributed by atoms with Crippen molar-refractivity contribution in [2.45, 2.75) is 6.61 Å². The predicted molar refractivity (Wildman–Crippen MR) is 83.2 cm³/mol. The second-order valence-corrected chi connectivity index (χ2v) is 4.56. The van der Waals surface area contributed by atoms with Gasteiger partial charge in [-0.05, 0) is 40.2 Å². The Balaban J connectivity index is 0.000000422. The molecule has 22 heavy (non-hydrogen) atoms. The third-order valence-electron chi connectivity index (χ3n) is 2.40. The normalized spacial score (nSPS) is 9.45. The summed E-state index contributed by atoms with van der Waals surface area (Å²) in [5.74, 6) is 5.30. The molecular formula is C13H16BrFN4O3. The van der Waals surface area contributed by atoms with E-state index >= 15 is 0 Å². The minimum absolute atomic E-state index is 0.254. The SMILES string of the molecule is CNc1ccc(F)c(Br)c1OCc1ccco1.NNNC=O. The van der Waals surface area contributed by atoms with Crippen molar-refractivity contribution in [2.75, 3.05) is 12.4 Å². The van der Waals surface area contributed by atoms with Crippen molar-refractivity contribution < 1.29 is 18.3 Å². The van der Waals surface area contributed by atoms with Crippen LogP contribution in [0.1, 0.15) is 5.76 Å². The molecule has 7 nitrogen and oxygen atoms in total. The third kappa shape index (κ3) is 5.35. The summed E-state index contributed by atoms with van der Waals surface area (Å²) < 4.78 is 24.4. The first-order chi connectivity index (χ1) is 10.6. The number of hydrazine groups is 2. The number of anilines is 1.